The first kappa shape index (κ1) is 24.8. The lowest BCUT2D eigenvalue weighted by Gasteiger charge is -2.27. The van der Waals surface area contributed by atoms with Gasteiger partial charge in [0.15, 0.2) is 0 Å². The van der Waals surface area contributed by atoms with Crippen molar-refractivity contribution >= 4 is 68.5 Å². The van der Waals surface area contributed by atoms with Crippen LogP contribution < -0.4 is 16.0 Å². The minimum atomic E-state index is -1.08. The van der Waals surface area contributed by atoms with Crippen molar-refractivity contribution < 1.29 is 28.4 Å². The molecule has 3 aromatic rings. The highest BCUT2D eigenvalue weighted by molar-refractivity contribution is 7.18. The van der Waals surface area contributed by atoms with Crippen LogP contribution >= 0.6 is 22.9 Å². The van der Waals surface area contributed by atoms with Crippen molar-refractivity contribution in [2.24, 2.45) is 0 Å². The van der Waals surface area contributed by atoms with Crippen molar-refractivity contribution in [3.8, 4) is 0 Å². The van der Waals surface area contributed by atoms with Gasteiger partial charge in [0, 0.05) is 17.1 Å². The molecule has 2 aromatic carbocycles. The number of halogens is 2. The average Bonchev–Trinajstić information content (AvgIpc) is 3.34. The van der Waals surface area contributed by atoms with Gasteiger partial charge >= 0.3 is 6.03 Å². The molecular weight excluding hydrogens is 525 g/mol. The Hall–Kier alpha value is -3.90. The van der Waals surface area contributed by atoms with Gasteiger partial charge in [0.2, 0.25) is 11.8 Å². The van der Waals surface area contributed by atoms with Crippen LogP contribution in [0.1, 0.15) is 52.4 Å². The number of fused-ring (bicyclic) bond motifs is 2. The zero-order valence-corrected chi connectivity index (χ0v) is 21.1. The maximum Gasteiger partial charge on any atom is 0.319 e. The van der Waals surface area contributed by atoms with Crippen LogP contribution in [-0.2, 0) is 15.1 Å². The van der Waals surface area contributed by atoms with E-state index in [9.17, 15) is 28.4 Å². The zero-order chi connectivity index (χ0) is 26.6. The molecule has 1 saturated heterocycles. The lowest BCUT2D eigenvalue weighted by molar-refractivity contribution is -0.136. The number of amides is 6. The first-order chi connectivity index (χ1) is 17.4. The molecule has 190 valence electrons. The number of nitrogens with one attached hydrogen (secondary N) is 3. The van der Waals surface area contributed by atoms with Crippen LogP contribution in [0.25, 0.3) is 10.2 Å². The topological polar surface area (TPSA) is 138 Å². The molecule has 3 heterocycles. The van der Waals surface area contributed by atoms with Gasteiger partial charge in [-0.3, -0.25) is 29.4 Å². The Morgan fingerprint density at radius 3 is 2.62 bits per heavy atom. The molecular formula is C24H19ClFN5O5S. The van der Waals surface area contributed by atoms with Crippen LogP contribution in [0.5, 0.6) is 0 Å². The predicted molar refractivity (Wildman–Crippen MR) is 133 cm³/mol. The predicted octanol–water partition coefficient (Wildman–Crippen LogP) is 3.55. The number of rotatable bonds is 4. The first-order valence-corrected chi connectivity index (χ1v) is 12.3. The van der Waals surface area contributed by atoms with E-state index in [4.69, 9.17) is 11.6 Å². The molecule has 2 aliphatic heterocycles. The normalized spacial score (nSPS) is 17.7. The van der Waals surface area contributed by atoms with Gasteiger partial charge in [-0.1, -0.05) is 11.6 Å². The molecule has 13 heteroatoms. The Bertz CT molecular complexity index is 1540. The van der Waals surface area contributed by atoms with Crippen LogP contribution in [-0.4, -0.2) is 45.6 Å². The molecule has 3 N–H and O–H groups in total. The van der Waals surface area contributed by atoms with Crippen molar-refractivity contribution in [3.63, 3.8) is 0 Å². The Labute approximate surface area is 218 Å². The zero-order valence-electron chi connectivity index (χ0n) is 19.5. The molecule has 0 aliphatic carbocycles. The summed E-state index contributed by atoms with van der Waals surface area (Å²) in [6, 6.07) is 5.23. The number of hydrogen-bond acceptors (Lipinski definition) is 7. The van der Waals surface area contributed by atoms with Crippen LogP contribution in [0.4, 0.5) is 14.9 Å². The first-order valence-electron chi connectivity index (χ1n) is 11.2. The van der Waals surface area contributed by atoms with Crippen molar-refractivity contribution in [1.82, 2.24) is 20.5 Å². The van der Waals surface area contributed by atoms with Crippen molar-refractivity contribution in [2.45, 2.75) is 38.3 Å². The van der Waals surface area contributed by atoms with E-state index in [-0.39, 0.29) is 34.7 Å². The average molecular weight is 544 g/mol. The van der Waals surface area contributed by atoms with Crippen molar-refractivity contribution in [3.05, 3.63) is 57.3 Å². The molecule has 0 spiro atoms. The third-order valence-electron chi connectivity index (χ3n) is 6.07. The van der Waals surface area contributed by atoms with Crippen molar-refractivity contribution in [2.75, 3.05) is 5.32 Å². The maximum absolute atomic E-state index is 14.2. The number of thiazole rings is 1. The summed E-state index contributed by atoms with van der Waals surface area (Å²) < 4.78 is 14.6. The molecule has 0 saturated carbocycles. The van der Waals surface area contributed by atoms with E-state index in [1.165, 1.54) is 30.3 Å². The van der Waals surface area contributed by atoms with Crippen LogP contribution in [0, 0.1) is 5.82 Å². The number of carbonyl (C=O) groups is 5. The number of nitrogens with zero attached hydrogens (tertiary/aromatic N) is 2. The maximum atomic E-state index is 14.2. The Kier molecular flexibility index (Phi) is 5.95. The Morgan fingerprint density at radius 1 is 1.16 bits per heavy atom. The number of imide groups is 2. The lowest BCUT2D eigenvalue weighted by Crippen LogP contribution is -2.54. The summed E-state index contributed by atoms with van der Waals surface area (Å²) in [5.74, 6) is -3.00. The van der Waals surface area contributed by atoms with E-state index in [1.807, 2.05) is 0 Å². The Morgan fingerprint density at radius 2 is 1.89 bits per heavy atom. The number of carbonyl (C=O) groups excluding carboxylic acids is 5. The SMILES string of the molecule is CC(C)(NC(=O)Nc1ccc2c(c1)C(=O)N(C1CCC(=O)NC1=O)C2=O)c1nc2cc(Cl)cc(F)c2s1. The third kappa shape index (κ3) is 4.42. The second-order valence-electron chi connectivity index (χ2n) is 9.17. The highest BCUT2D eigenvalue weighted by Gasteiger charge is 2.44. The molecule has 1 unspecified atom stereocenters. The third-order valence-corrected chi connectivity index (χ3v) is 7.69. The fourth-order valence-corrected chi connectivity index (χ4v) is 5.48. The molecule has 0 radical (unpaired) electrons. The highest BCUT2D eigenvalue weighted by atomic mass is 35.5. The van der Waals surface area contributed by atoms with E-state index in [1.54, 1.807) is 13.8 Å². The Balaban J connectivity index is 1.32. The number of aromatic nitrogens is 1. The molecule has 6 amide bonds. The van der Waals surface area contributed by atoms with Gasteiger partial charge in [-0.15, -0.1) is 11.3 Å². The smallest absolute Gasteiger partial charge is 0.319 e. The van der Waals surface area contributed by atoms with Gasteiger partial charge in [0.05, 0.1) is 26.9 Å². The summed E-state index contributed by atoms with van der Waals surface area (Å²) in [7, 11) is 0. The van der Waals surface area contributed by atoms with Crippen LogP contribution in [0.2, 0.25) is 5.02 Å². The summed E-state index contributed by atoms with van der Waals surface area (Å²) in [5, 5.41) is 8.20. The van der Waals surface area contributed by atoms with E-state index in [0.717, 1.165) is 16.2 Å². The molecule has 1 fully saturated rings. The number of benzene rings is 2. The fraction of sp³-hybridized carbons (Fsp3) is 0.250. The summed E-state index contributed by atoms with van der Waals surface area (Å²) >= 11 is 7.00. The van der Waals surface area contributed by atoms with Gasteiger partial charge in [0.1, 0.15) is 16.9 Å². The van der Waals surface area contributed by atoms with Crippen molar-refractivity contribution in [1.29, 1.82) is 0 Å². The summed E-state index contributed by atoms with van der Waals surface area (Å²) in [5.41, 5.74) is -0.248. The van der Waals surface area contributed by atoms with E-state index < -0.39 is 47.1 Å². The fourth-order valence-electron chi connectivity index (χ4n) is 4.28. The minimum Gasteiger partial charge on any atom is -0.326 e. The largest absolute Gasteiger partial charge is 0.326 e. The highest BCUT2D eigenvalue weighted by Crippen LogP contribution is 2.34. The van der Waals surface area contributed by atoms with Gasteiger partial charge in [-0.25, -0.2) is 14.2 Å². The van der Waals surface area contributed by atoms with Gasteiger partial charge < -0.3 is 10.6 Å². The lowest BCUT2D eigenvalue weighted by atomic mass is 10.0. The van der Waals surface area contributed by atoms with Gasteiger partial charge in [0.25, 0.3) is 11.8 Å². The minimum absolute atomic E-state index is 0.0148. The second kappa shape index (κ2) is 8.89. The molecule has 1 atom stereocenters. The summed E-state index contributed by atoms with van der Waals surface area (Å²) in [4.78, 5) is 67.5. The molecule has 10 nitrogen and oxygen atoms in total. The van der Waals surface area contributed by atoms with Crippen LogP contribution in [0.3, 0.4) is 0 Å². The number of urea groups is 1. The number of hydrogen-bond donors (Lipinski definition) is 3. The van der Waals surface area contributed by atoms with E-state index in [2.05, 4.69) is 20.9 Å². The van der Waals surface area contributed by atoms with Gasteiger partial charge in [-0.05, 0) is 50.6 Å². The molecule has 2 aliphatic rings. The molecule has 5 rings (SSSR count). The summed E-state index contributed by atoms with van der Waals surface area (Å²) in [6.07, 6.45) is 0.0571. The quantitative estimate of drug-likeness (QED) is 0.430. The van der Waals surface area contributed by atoms with Crippen LogP contribution in [0.15, 0.2) is 30.3 Å². The monoisotopic (exact) mass is 543 g/mol. The van der Waals surface area contributed by atoms with E-state index in [0.29, 0.717) is 15.2 Å². The molecule has 37 heavy (non-hydrogen) atoms. The number of piperidine rings is 1. The van der Waals surface area contributed by atoms with E-state index >= 15 is 0 Å². The second-order valence-corrected chi connectivity index (χ2v) is 10.6. The molecule has 0 bridgehead atoms. The molecule has 1 aromatic heterocycles. The number of anilines is 1. The summed E-state index contributed by atoms with van der Waals surface area (Å²) in [6.45, 7) is 3.40. The standard InChI is InChI=1S/C24H19ClFN5O5S/c1-24(2,22-28-15-8-10(25)7-14(26)18(15)37-22)30-23(36)27-11-3-4-12-13(9-11)21(35)31(20(12)34)16-5-6-17(32)29-19(16)33/h3-4,7-9,16H,5-6H2,1-2H3,(H2,27,30,36)(H,29,32,33). The van der Waals surface area contributed by atoms with Gasteiger partial charge in [-0.2, -0.15) is 0 Å².